The number of hydrogen-bond acceptors (Lipinski definition) is 2. The molecule has 1 aromatic carbocycles. The molecule has 0 saturated heterocycles. The lowest BCUT2D eigenvalue weighted by Gasteiger charge is -2.22. The lowest BCUT2D eigenvalue weighted by atomic mass is 9.95. The third-order valence-corrected chi connectivity index (χ3v) is 3.59. The molecule has 1 saturated carbocycles. The van der Waals surface area contributed by atoms with E-state index in [0.717, 1.165) is 24.1 Å². The molecule has 1 aliphatic rings. The van der Waals surface area contributed by atoms with E-state index in [1.807, 2.05) is 31.2 Å². The molecule has 4 nitrogen and oxygen atoms in total. The maximum absolute atomic E-state index is 11.8. The first-order chi connectivity index (χ1) is 9.63. The molecule has 2 N–H and O–H groups in total. The second-order valence-corrected chi connectivity index (χ2v) is 5.50. The highest BCUT2D eigenvalue weighted by atomic mass is 16.2. The maximum atomic E-state index is 11.8. The van der Waals surface area contributed by atoms with Gasteiger partial charge < -0.3 is 10.6 Å². The lowest BCUT2D eigenvalue weighted by Crippen LogP contribution is -2.37. The van der Waals surface area contributed by atoms with Crippen molar-refractivity contribution in [3.63, 3.8) is 0 Å². The molecule has 0 atom stereocenters. The Morgan fingerprint density at radius 2 is 1.90 bits per heavy atom. The smallest absolute Gasteiger partial charge is 0.233 e. The van der Waals surface area contributed by atoms with Crippen LogP contribution in [-0.2, 0) is 9.59 Å². The number of aryl methyl sites for hydroxylation is 1. The van der Waals surface area contributed by atoms with Gasteiger partial charge in [-0.3, -0.25) is 9.59 Å². The van der Waals surface area contributed by atoms with E-state index in [4.69, 9.17) is 0 Å². The normalized spacial score (nSPS) is 15.7. The molecule has 0 aromatic heterocycles. The summed E-state index contributed by atoms with van der Waals surface area (Å²) in [6.45, 7) is 1.96. The lowest BCUT2D eigenvalue weighted by molar-refractivity contribution is -0.127. The van der Waals surface area contributed by atoms with Crippen molar-refractivity contribution in [3.05, 3.63) is 29.8 Å². The van der Waals surface area contributed by atoms with Gasteiger partial charge in [-0.25, -0.2) is 0 Å². The molecular formula is C16H22N2O2. The van der Waals surface area contributed by atoms with Gasteiger partial charge in [-0.15, -0.1) is 0 Å². The van der Waals surface area contributed by atoms with Crippen molar-refractivity contribution in [2.24, 2.45) is 0 Å². The van der Waals surface area contributed by atoms with Crippen LogP contribution in [0.15, 0.2) is 24.3 Å². The summed E-state index contributed by atoms with van der Waals surface area (Å²) in [5.41, 5.74) is 1.81. The largest absolute Gasteiger partial charge is 0.353 e. The fourth-order valence-electron chi connectivity index (χ4n) is 2.60. The van der Waals surface area contributed by atoms with Crippen LogP contribution in [0.2, 0.25) is 0 Å². The Morgan fingerprint density at radius 1 is 1.15 bits per heavy atom. The van der Waals surface area contributed by atoms with E-state index in [9.17, 15) is 9.59 Å². The fourth-order valence-corrected chi connectivity index (χ4v) is 2.60. The van der Waals surface area contributed by atoms with Gasteiger partial charge >= 0.3 is 0 Å². The number of benzene rings is 1. The summed E-state index contributed by atoms with van der Waals surface area (Å²) in [5.74, 6) is -0.439. The van der Waals surface area contributed by atoms with E-state index in [1.165, 1.54) is 19.3 Å². The molecule has 0 aliphatic heterocycles. The first kappa shape index (κ1) is 14.6. The number of anilines is 1. The van der Waals surface area contributed by atoms with Gasteiger partial charge in [-0.1, -0.05) is 31.4 Å². The summed E-state index contributed by atoms with van der Waals surface area (Å²) in [4.78, 5) is 23.6. The van der Waals surface area contributed by atoms with E-state index in [1.54, 1.807) is 0 Å². The molecule has 4 heteroatoms. The van der Waals surface area contributed by atoms with Crippen molar-refractivity contribution < 1.29 is 9.59 Å². The van der Waals surface area contributed by atoms with Gasteiger partial charge in [0, 0.05) is 11.7 Å². The summed E-state index contributed by atoms with van der Waals surface area (Å²) in [7, 11) is 0. The summed E-state index contributed by atoms with van der Waals surface area (Å²) < 4.78 is 0. The fraction of sp³-hybridized carbons (Fsp3) is 0.500. The second-order valence-electron chi connectivity index (χ2n) is 5.50. The number of carbonyl (C=O) groups is 2. The average molecular weight is 274 g/mol. The Balaban J connectivity index is 1.77. The van der Waals surface area contributed by atoms with Gasteiger partial charge in [0.1, 0.15) is 6.42 Å². The van der Waals surface area contributed by atoms with E-state index in [2.05, 4.69) is 10.6 Å². The summed E-state index contributed by atoms with van der Waals surface area (Å²) in [6, 6.07) is 7.81. The minimum absolute atomic E-state index is 0.107. The number of rotatable bonds is 4. The Kier molecular flexibility index (Phi) is 5.16. The molecule has 0 unspecified atom stereocenters. The van der Waals surface area contributed by atoms with Crippen LogP contribution in [0.3, 0.4) is 0 Å². The molecule has 20 heavy (non-hydrogen) atoms. The SMILES string of the molecule is Cc1cccc(NC(=O)CC(=O)NC2CCCCC2)c1. The Labute approximate surface area is 119 Å². The molecule has 1 aromatic rings. The van der Waals surface area contributed by atoms with Crippen LogP contribution in [0.25, 0.3) is 0 Å². The van der Waals surface area contributed by atoms with Gasteiger partial charge in [-0.05, 0) is 37.5 Å². The predicted molar refractivity (Wildman–Crippen MR) is 79.4 cm³/mol. The molecule has 2 amide bonds. The van der Waals surface area contributed by atoms with Crippen molar-refractivity contribution in [2.75, 3.05) is 5.32 Å². The minimum Gasteiger partial charge on any atom is -0.353 e. The summed E-state index contributed by atoms with van der Waals surface area (Å²) in [5, 5.41) is 5.70. The van der Waals surface area contributed by atoms with Crippen molar-refractivity contribution in [1.29, 1.82) is 0 Å². The van der Waals surface area contributed by atoms with Crippen molar-refractivity contribution >= 4 is 17.5 Å². The zero-order valence-corrected chi connectivity index (χ0v) is 11.9. The van der Waals surface area contributed by atoms with Crippen LogP contribution in [-0.4, -0.2) is 17.9 Å². The molecule has 0 radical (unpaired) electrons. The zero-order valence-electron chi connectivity index (χ0n) is 11.9. The molecule has 0 heterocycles. The van der Waals surface area contributed by atoms with Gasteiger partial charge in [0.15, 0.2) is 0 Å². The average Bonchev–Trinajstić information content (AvgIpc) is 2.39. The molecule has 1 fully saturated rings. The van der Waals surface area contributed by atoms with E-state index < -0.39 is 0 Å². The maximum Gasteiger partial charge on any atom is 0.233 e. The van der Waals surface area contributed by atoms with Crippen molar-refractivity contribution in [1.82, 2.24) is 5.32 Å². The summed E-state index contributed by atoms with van der Waals surface area (Å²) >= 11 is 0. The van der Waals surface area contributed by atoms with Crippen LogP contribution in [0.5, 0.6) is 0 Å². The van der Waals surface area contributed by atoms with Crippen molar-refractivity contribution in [3.8, 4) is 0 Å². The molecule has 1 aliphatic carbocycles. The van der Waals surface area contributed by atoms with E-state index in [-0.39, 0.29) is 24.3 Å². The number of carbonyl (C=O) groups excluding carboxylic acids is 2. The van der Waals surface area contributed by atoms with Crippen LogP contribution < -0.4 is 10.6 Å². The van der Waals surface area contributed by atoms with Crippen LogP contribution >= 0.6 is 0 Å². The number of amides is 2. The second kappa shape index (κ2) is 7.08. The first-order valence-corrected chi connectivity index (χ1v) is 7.29. The van der Waals surface area contributed by atoms with Gasteiger partial charge in [-0.2, -0.15) is 0 Å². The van der Waals surface area contributed by atoms with Crippen LogP contribution in [0.1, 0.15) is 44.1 Å². The summed E-state index contributed by atoms with van der Waals surface area (Å²) in [6.07, 6.45) is 5.54. The molecule has 108 valence electrons. The quantitative estimate of drug-likeness (QED) is 0.829. The van der Waals surface area contributed by atoms with E-state index >= 15 is 0 Å². The first-order valence-electron chi connectivity index (χ1n) is 7.29. The zero-order chi connectivity index (χ0) is 14.4. The minimum atomic E-state index is -0.260. The van der Waals surface area contributed by atoms with Crippen LogP contribution in [0, 0.1) is 6.92 Å². The molecular weight excluding hydrogens is 252 g/mol. The highest BCUT2D eigenvalue weighted by molar-refractivity contribution is 6.03. The molecule has 2 rings (SSSR count). The Hall–Kier alpha value is -1.84. The Bertz CT molecular complexity index is 479. The monoisotopic (exact) mass is 274 g/mol. The molecule has 0 spiro atoms. The highest BCUT2D eigenvalue weighted by Gasteiger charge is 2.17. The molecule has 0 bridgehead atoms. The van der Waals surface area contributed by atoms with Crippen molar-refractivity contribution in [2.45, 2.75) is 51.5 Å². The predicted octanol–water partition coefficient (Wildman–Crippen LogP) is 2.77. The number of hydrogen-bond donors (Lipinski definition) is 2. The Morgan fingerprint density at radius 3 is 2.60 bits per heavy atom. The van der Waals surface area contributed by atoms with Gasteiger partial charge in [0.05, 0.1) is 0 Å². The van der Waals surface area contributed by atoms with Crippen LogP contribution in [0.4, 0.5) is 5.69 Å². The number of nitrogens with one attached hydrogen (secondary N) is 2. The van der Waals surface area contributed by atoms with Gasteiger partial charge in [0.2, 0.25) is 11.8 Å². The highest BCUT2D eigenvalue weighted by Crippen LogP contribution is 2.17. The topological polar surface area (TPSA) is 58.2 Å². The standard InChI is InChI=1S/C16H22N2O2/c1-12-6-5-9-14(10-12)18-16(20)11-15(19)17-13-7-3-2-4-8-13/h5-6,9-10,13H,2-4,7-8,11H2,1H3,(H,17,19)(H,18,20). The third-order valence-electron chi connectivity index (χ3n) is 3.59. The van der Waals surface area contributed by atoms with Gasteiger partial charge in [0.25, 0.3) is 0 Å². The third kappa shape index (κ3) is 4.68. The van der Waals surface area contributed by atoms with E-state index in [0.29, 0.717) is 0 Å².